The van der Waals surface area contributed by atoms with Crippen molar-refractivity contribution in [3.05, 3.63) is 59.2 Å². The number of carbonyl (C=O) groups excluding carboxylic acids is 2. The van der Waals surface area contributed by atoms with Gasteiger partial charge in [0.25, 0.3) is 0 Å². The quantitative estimate of drug-likeness (QED) is 0.654. The fourth-order valence-electron chi connectivity index (χ4n) is 4.05. The van der Waals surface area contributed by atoms with E-state index in [0.29, 0.717) is 18.0 Å². The lowest BCUT2D eigenvalue weighted by Crippen LogP contribution is -2.44. The van der Waals surface area contributed by atoms with Gasteiger partial charge in [0.1, 0.15) is 0 Å². The number of hydrogen-bond acceptors (Lipinski definition) is 6. The first kappa shape index (κ1) is 22.6. The third-order valence-corrected chi connectivity index (χ3v) is 5.72. The zero-order chi connectivity index (χ0) is 22.4. The van der Waals surface area contributed by atoms with E-state index in [1.807, 2.05) is 54.3 Å². The van der Waals surface area contributed by atoms with Crippen molar-refractivity contribution in [2.45, 2.75) is 31.8 Å². The van der Waals surface area contributed by atoms with Gasteiger partial charge in [-0.2, -0.15) is 0 Å². The fraction of sp³-hybridized carbons (Fsp3) is 0.417. The topological polar surface area (TPSA) is 77.1 Å². The van der Waals surface area contributed by atoms with Crippen LogP contribution in [0.1, 0.15) is 42.1 Å². The van der Waals surface area contributed by atoms with Crippen LogP contribution in [0.3, 0.4) is 0 Å². The molecule has 1 aliphatic rings. The number of methoxy groups -OCH3 is 3. The number of benzene rings is 2. The van der Waals surface area contributed by atoms with E-state index >= 15 is 0 Å². The lowest BCUT2D eigenvalue weighted by molar-refractivity contribution is -0.142. The molecule has 2 aromatic carbocycles. The molecular weight excluding hydrogens is 396 g/mol. The molecule has 2 aromatic rings. The van der Waals surface area contributed by atoms with Crippen LogP contribution in [0.2, 0.25) is 0 Å². The van der Waals surface area contributed by atoms with Crippen molar-refractivity contribution >= 4 is 11.9 Å². The maximum atomic E-state index is 12.8. The molecule has 0 aliphatic carbocycles. The van der Waals surface area contributed by atoms with Gasteiger partial charge >= 0.3 is 5.97 Å². The summed E-state index contributed by atoms with van der Waals surface area (Å²) in [4.78, 5) is 27.0. The second-order valence-electron chi connectivity index (χ2n) is 7.62. The highest BCUT2D eigenvalue weighted by atomic mass is 16.5. The maximum absolute atomic E-state index is 12.8. The lowest BCUT2D eigenvalue weighted by atomic mass is 9.90. The van der Waals surface area contributed by atoms with Gasteiger partial charge in [0.15, 0.2) is 11.5 Å². The van der Waals surface area contributed by atoms with Crippen molar-refractivity contribution in [3.63, 3.8) is 0 Å². The van der Waals surface area contributed by atoms with E-state index < -0.39 is 0 Å². The normalized spacial score (nSPS) is 16.7. The molecule has 0 bridgehead atoms. The highest BCUT2D eigenvalue weighted by molar-refractivity contribution is 5.79. The summed E-state index contributed by atoms with van der Waals surface area (Å²) >= 11 is 0. The summed E-state index contributed by atoms with van der Waals surface area (Å²) in [5, 5.41) is 3.05. The van der Waals surface area contributed by atoms with Gasteiger partial charge in [0.05, 0.1) is 40.3 Å². The predicted molar refractivity (Wildman–Crippen MR) is 117 cm³/mol. The van der Waals surface area contributed by atoms with Crippen LogP contribution < -0.4 is 14.8 Å². The van der Waals surface area contributed by atoms with E-state index in [2.05, 4.69) is 5.32 Å². The predicted octanol–water partition coefficient (Wildman–Crippen LogP) is 3.04. The largest absolute Gasteiger partial charge is 0.493 e. The molecule has 31 heavy (non-hydrogen) atoms. The molecule has 0 aromatic heterocycles. The maximum Gasteiger partial charge on any atom is 0.307 e. The summed E-state index contributed by atoms with van der Waals surface area (Å²) in [6, 6.07) is 13.3. The van der Waals surface area contributed by atoms with Crippen molar-refractivity contribution in [3.8, 4) is 11.5 Å². The van der Waals surface area contributed by atoms with Gasteiger partial charge in [-0.1, -0.05) is 30.3 Å². The number of nitrogens with one attached hydrogen (secondary N) is 1. The van der Waals surface area contributed by atoms with Crippen LogP contribution in [0.15, 0.2) is 42.5 Å². The Labute approximate surface area is 183 Å². The first-order valence-corrected chi connectivity index (χ1v) is 10.4. The summed E-state index contributed by atoms with van der Waals surface area (Å²) < 4.78 is 15.8. The number of rotatable bonds is 8. The summed E-state index contributed by atoms with van der Waals surface area (Å²) in [6.45, 7) is 2.80. The molecule has 7 nitrogen and oxygen atoms in total. The molecule has 3 rings (SSSR count). The Kier molecular flexibility index (Phi) is 7.52. The minimum absolute atomic E-state index is 0.0878. The monoisotopic (exact) mass is 426 g/mol. The number of esters is 1. The lowest BCUT2D eigenvalue weighted by Gasteiger charge is -2.37. The van der Waals surface area contributed by atoms with Gasteiger partial charge in [-0.05, 0) is 42.2 Å². The zero-order valence-corrected chi connectivity index (χ0v) is 18.5. The van der Waals surface area contributed by atoms with Crippen LogP contribution in [0.4, 0.5) is 0 Å². The van der Waals surface area contributed by atoms with Crippen LogP contribution in [-0.4, -0.2) is 51.2 Å². The summed E-state index contributed by atoms with van der Waals surface area (Å²) in [6.07, 6.45) is 0.898. The van der Waals surface area contributed by atoms with Crippen molar-refractivity contribution < 1.29 is 23.8 Å². The number of ether oxygens (including phenoxy) is 3. The van der Waals surface area contributed by atoms with Crippen LogP contribution in [0, 0.1) is 0 Å². The number of nitrogens with zero attached hydrogens (tertiary/aromatic N) is 1. The van der Waals surface area contributed by atoms with E-state index in [9.17, 15) is 9.59 Å². The van der Waals surface area contributed by atoms with Gasteiger partial charge in [-0.15, -0.1) is 0 Å². The fourth-order valence-corrected chi connectivity index (χ4v) is 4.05. The van der Waals surface area contributed by atoms with E-state index in [1.54, 1.807) is 14.2 Å². The van der Waals surface area contributed by atoms with Crippen molar-refractivity contribution in [1.82, 2.24) is 10.2 Å². The number of carbonyl (C=O) groups is 2. The third kappa shape index (κ3) is 5.35. The Hall–Kier alpha value is -3.06. The molecule has 1 heterocycles. The van der Waals surface area contributed by atoms with Crippen LogP contribution in [0.25, 0.3) is 0 Å². The Bertz CT molecular complexity index is 916. The molecule has 7 heteroatoms. The second kappa shape index (κ2) is 10.3. The standard InChI is InChI=1S/C24H30N2O5/c1-16(17-8-6-5-7-9-17)25-23(27)15-26-11-10-18-12-21(29-2)22(30-3)13-19(18)20(26)14-24(28)31-4/h5-9,12-13,16,20H,10-11,14-15H2,1-4H3,(H,25,27)/t16-,20+/m1/s1. The Balaban J connectivity index is 1.81. The minimum atomic E-state index is -0.323. The van der Waals surface area contributed by atoms with Gasteiger partial charge in [-0.3, -0.25) is 14.5 Å². The van der Waals surface area contributed by atoms with Gasteiger partial charge in [0, 0.05) is 12.6 Å². The Morgan fingerprint density at radius 2 is 1.77 bits per heavy atom. The summed E-state index contributed by atoms with van der Waals surface area (Å²) in [5.41, 5.74) is 3.09. The smallest absolute Gasteiger partial charge is 0.307 e. The van der Waals surface area contributed by atoms with Crippen molar-refractivity contribution in [2.24, 2.45) is 0 Å². The number of amides is 1. The first-order valence-electron chi connectivity index (χ1n) is 10.4. The van der Waals surface area contributed by atoms with Crippen LogP contribution in [-0.2, 0) is 20.7 Å². The van der Waals surface area contributed by atoms with Crippen LogP contribution >= 0.6 is 0 Å². The van der Waals surface area contributed by atoms with E-state index in [-0.39, 0.29) is 36.9 Å². The molecule has 1 amide bonds. The molecule has 0 radical (unpaired) electrons. The SMILES string of the molecule is COC(=O)C[C@H]1c2cc(OC)c(OC)cc2CCN1CC(=O)N[C@H](C)c1ccccc1. The number of fused-ring (bicyclic) bond motifs is 1. The Morgan fingerprint density at radius 1 is 1.10 bits per heavy atom. The average molecular weight is 427 g/mol. The molecule has 0 unspecified atom stereocenters. The molecule has 0 saturated heterocycles. The van der Waals surface area contributed by atoms with Crippen molar-refractivity contribution in [1.29, 1.82) is 0 Å². The molecule has 0 saturated carbocycles. The number of hydrogen-bond donors (Lipinski definition) is 1. The highest BCUT2D eigenvalue weighted by Gasteiger charge is 2.32. The average Bonchev–Trinajstić information content (AvgIpc) is 2.79. The second-order valence-corrected chi connectivity index (χ2v) is 7.62. The molecule has 166 valence electrons. The van der Waals surface area contributed by atoms with Crippen LogP contribution in [0.5, 0.6) is 11.5 Å². The van der Waals surface area contributed by atoms with E-state index in [1.165, 1.54) is 7.11 Å². The Morgan fingerprint density at radius 3 is 2.42 bits per heavy atom. The van der Waals surface area contributed by atoms with Gasteiger partial charge < -0.3 is 19.5 Å². The summed E-state index contributed by atoms with van der Waals surface area (Å²) in [7, 11) is 4.56. The molecule has 1 aliphatic heterocycles. The van der Waals surface area contributed by atoms with Crippen molar-refractivity contribution in [2.75, 3.05) is 34.4 Å². The molecule has 0 spiro atoms. The molecule has 1 N–H and O–H groups in total. The first-order chi connectivity index (χ1) is 15.0. The van der Waals surface area contributed by atoms with E-state index in [4.69, 9.17) is 14.2 Å². The zero-order valence-electron chi connectivity index (χ0n) is 18.5. The highest BCUT2D eigenvalue weighted by Crippen LogP contribution is 2.39. The summed E-state index contributed by atoms with van der Waals surface area (Å²) in [5.74, 6) is 0.840. The molecular formula is C24H30N2O5. The molecule has 2 atom stereocenters. The van der Waals surface area contributed by atoms with E-state index in [0.717, 1.165) is 23.1 Å². The third-order valence-electron chi connectivity index (χ3n) is 5.72. The van der Waals surface area contributed by atoms with Gasteiger partial charge in [-0.25, -0.2) is 0 Å². The van der Waals surface area contributed by atoms with Gasteiger partial charge in [0.2, 0.25) is 5.91 Å². The molecule has 0 fully saturated rings. The minimum Gasteiger partial charge on any atom is -0.493 e.